The third-order valence-electron chi connectivity index (χ3n) is 8.59. The molecule has 2 unspecified atom stereocenters. The molecule has 1 aromatic rings. The SMILES string of the molecule is C=C=C(CCC)CC1=C(C)N=C(Cc2ccc(C(=O)C3CCCOCC3)cc2)C(C)CC1.CC.CC1CCCC1.[HH]. The maximum Gasteiger partial charge on any atom is 0.166 e. The van der Waals surface area contributed by atoms with Gasteiger partial charge in [-0.3, -0.25) is 9.79 Å². The number of Topliss-reactive ketones (excluding diaryl/α,β-unsaturated/α-hetero) is 1. The van der Waals surface area contributed by atoms with E-state index in [0.717, 1.165) is 81.6 Å². The summed E-state index contributed by atoms with van der Waals surface area (Å²) in [4.78, 5) is 18.0. The highest BCUT2D eigenvalue weighted by molar-refractivity contribution is 5.98. The monoisotopic (exact) mass is 549 g/mol. The first-order chi connectivity index (χ1) is 19.4. The summed E-state index contributed by atoms with van der Waals surface area (Å²) in [6.07, 6.45) is 14.9. The highest BCUT2D eigenvalue weighted by Gasteiger charge is 2.22. The summed E-state index contributed by atoms with van der Waals surface area (Å²) < 4.78 is 5.51. The summed E-state index contributed by atoms with van der Waals surface area (Å²) in [5.74, 6) is 1.87. The molecule has 2 aliphatic heterocycles. The van der Waals surface area contributed by atoms with Crippen LogP contribution in [0.15, 0.2) is 58.4 Å². The number of ketones is 1. The Labute approximate surface area is 247 Å². The summed E-state index contributed by atoms with van der Waals surface area (Å²) in [6.45, 7) is 18.3. The van der Waals surface area contributed by atoms with Crippen LogP contribution >= 0.6 is 0 Å². The molecule has 0 N–H and O–H groups in total. The molecule has 0 bridgehead atoms. The normalized spacial score (nSPS) is 21.5. The quantitative estimate of drug-likeness (QED) is 0.239. The van der Waals surface area contributed by atoms with E-state index in [1.165, 1.54) is 48.1 Å². The second-order valence-corrected chi connectivity index (χ2v) is 11.8. The van der Waals surface area contributed by atoms with Crippen molar-refractivity contribution in [2.24, 2.45) is 22.7 Å². The van der Waals surface area contributed by atoms with Crippen molar-refractivity contribution in [1.29, 1.82) is 0 Å². The number of allylic oxidation sites excluding steroid dienone is 3. The summed E-state index contributed by atoms with van der Waals surface area (Å²) >= 11 is 0. The predicted molar refractivity (Wildman–Crippen MR) is 174 cm³/mol. The van der Waals surface area contributed by atoms with Crippen molar-refractivity contribution >= 4 is 11.5 Å². The van der Waals surface area contributed by atoms with Crippen molar-refractivity contribution < 1.29 is 11.0 Å². The summed E-state index contributed by atoms with van der Waals surface area (Å²) in [7, 11) is 0. The van der Waals surface area contributed by atoms with E-state index in [1.54, 1.807) is 0 Å². The fourth-order valence-electron chi connectivity index (χ4n) is 5.90. The molecule has 4 rings (SSSR count). The lowest BCUT2D eigenvalue weighted by Crippen LogP contribution is -2.16. The largest absolute Gasteiger partial charge is 0.381 e. The first kappa shape index (κ1) is 34.0. The van der Waals surface area contributed by atoms with E-state index in [2.05, 4.69) is 52.1 Å². The number of aliphatic imine (C=N–C) groups is 1. The summed E-state index contributed by atoms with van der Waals surface area (Å²) in [5.41, 5.74) is 10.3. The van der Waals surface area contributed by atoms with Crippen LogP contribution in [0.1, 0.15) is 136 Å². The Morgan fingerprint density at radius 3 is 2.33 bits per heavy atom. The van der Waals surface area contributed by atoms with E-state index in [4.69, 9.17) is 9.73 Å². The summed E-state index contributed by atoms with van der Waals surface area (Å²) in [5, 5.41) is 0. The molecular formula is C37H59NO2. The second-order valence-electron chi connectivity index (χ2n) is 11.8. The Bertz CT molecular complexity index is 1000. The zero-order valence-corrected chi connectivity index (χ0v) is 26.6. The number of carbonyl (C=O) groups is 1. The van der Waals surface area contributed by atoms with Gasteiger partial charge in [0.05, 0.1) is 0 Å². The van der Waals surface area contributed by atoms with Gasteiger partial charge in [0, 0.05) is 44.0 Å². The van der Waals surface area contributed by atoms with Gasteiger partial charge in [0.1, 0.15) is 0 Å². The average Bonchev–Trinajstić information content (AvgIpc) is 3.23. The lowest BCUT2D eigenvalue weighted by Gasteiger charge is -2.14. The molecule has 3 heteroatoms. The molecule has 0 spiro atoms. The molecule has 3 nitrogen and oxygen atoms in total. The highest BCUT2D eigenvalue weighted by Crippen LogP contribution is 2.29. The van der Waals surface area contributed by atoms with Gasteiger partial charge in [-0.05, 0) is 80.4 Å². The molecule has 3 aliphatic rings. The van der Waals surface area contributed by atoms with Crippen molar-refractivity contribution in [1.82, 2.24) is 0 Å². The van der Waals surface area contributed by atoms with Gasteiger partial charge in [-0.1, -0.05) is 97.6 Å². The zero-order valence-electron chi connectivity index (χ0n) is 26.6. The Morgan fingerprint density at radius 2 is 1.73 bits per heavy atom. The van der Waals surface area contributed by atoms with E-state index in [-0.39, 0.29) is 13.1 Å². The smallest absolute Gasteiger partial charge is 0.166 e. The van der Waals surface area contributed by atoms with Crippen molar-refractivity contribution in [2.45, 2.75) is 125 Å². The maximum atomic E-state index is 12.9. The fourth-order valence-corrected chi connectivity index (χ4v) is 5.90. The molecule has 1 aliphatic carbocycles. The average molecular weight is 550 g/mol. The van der Waals surface area contributed by atoms with Crippen LogP contribution in [0.5, 0.6) is 0 Å². The van der Waals surface area contributed by atoms with Crippen LogP contribution in [0.3, 0.4) is 0 Å². The van der Waals surface area contributed by atoms with Gasteiger partial charge in [-0.2, -0.15) is 0 Å². The number of ether oxygens (including phenoxy) is 1. The first-order valence-corrected chi connectivity index (χ1v) is 16.3. The van der Waals surface area contributed by atoms with Crippen molar-refractivity contribution in [3.05, 3.63) is 64.5 Å². The number of carbonyl (C=O) groups excluding carboxylic acids is 1. The molecule has 0 amide bonds. The Kier molecular flexibility index (Phi) is 16.1. The predicted octanol–water partition coefficient (Wildman–Crippen LogP) is 10.7. The Balaban J connectivity index is 0.000000815. The van der Waals surface area contributed by atoms with Gasteiger partial charge in [0.25, 0.3) is 0 Å². The van der Waals surface area contributed by atoms with E-state index in [9.17, 15) is 4.79 Å². The number of nitrogens with zero attached hydrogens (tertiary/aromatic N) is 1. The second kappa shape index (κ2) is 19.0. The minimum Gasteiger partial charge on any atom is -0.381 e. The number of hydrogen-bond acceptors (Lipinski definition) is 3. The van der Waals surface area contributed by atoms with Gasteiger partial charge in [0.2, 0.25) is 0 Å². The molecule has 1 saturated heterocycles. The Hall–Kier alpha value is -2.22. The number of benzene rings is 1. The van der Waals surface area contributed by atoms with E-state index in [1.807, 2.05) is 26.0 Å². The van der Waals surface area contributed by atoms with Crippen molar-refractivity contribution in [3.63, 3.8) is 0 Å². The molecular weight excluding hydrogens is 490 g/mol. The number of rotatable bonds is 8. The van der Waals surface area contributed by atoms with Gasteiger partial charge in [0.15, 0.2) is 5.78 Å². The highest BCUT2D eigenvalue weighted by atomic mass is 16.5. The summed E-state index contributed by atoms with van der Waals surface area (Å²) in [6, 6.07) is 8.23. The molecule has 2 heterocycles. The maximum absolute atomic E-state index is 12.9. The molecule has 40 heavy (non-hydrogen) atoms. The minimum absolute atomic E-state index is 0. The van der Waals surface area contributed by atoms with Gasteiger partial charge < -0.3 is 4.74 Å². The third-order valence-corrected chi connectivity index (χ3v) is 8.59. The van der Waals surface area contributed by atoms with E-state index < -0.39 is 0 Å². The molecule has 1 saturated carbocycles. The lowest BCUT2D eigenvalue weighted by atomic mass is 9.89. The zero-order chi connectivity index (χ0) is 29.3. The van der Waals surface area contributed by atoms with Crippen LogP contribution in [0, 0.1) is 17.8 Å². The fraction of sp³-hybridized carbons (Fsp3) is 0.649. The van der Waals surface area contributed by atoms with E-state index in [0.29, 0.717) is 12.5 Å². The van der Waals surface area contributed by atoms with Crippen LogP contribution in [0.2, 0.25) is 0 Å². The van der Waals surface area contributed by atoms with Crippen LogP contribution in [-0.2, 0) is 11.2 Å². The molecule has 0 aromatic heterocycles. The van der Waals surface area contributed by atoms with Crippen LogP contribution in [-0.4, -0.2) is 24.7 Å². The van der Waals surface area contributed by atoms with Crippen molar-refractivity contribution in [3.8, 4) is 0 Å². The number of hydrogen-bond donors (Lipinski definition) is 0. The van der Waals surface area contributed by atoms with Crippen LogP contribution in [0.25, 0.3) is 0 Å². The van der Waals surface area contributed by atoms with Gasteiger partial charge >= 0.3 is 0 Å². The molecule has 0 radical (unpaired) electrons. The van der Waals surface area contributed by atoms with E-state index >= 15 is 0 Å². The standard InChI is InChI=1S/C29H39NO2.C6H12.C2H6.H2/c1-5-8-23(6-2)19-27-13-10-21(3)28(30-22(27)4)20-24-11-14-26(15-12-24)29(31)25-9-7-17-32-18-16-25;1-6-4-2-3-5-6;1-2;/h11-12,14-15,21,25H,2,5,7-10,13,16-20H2,1,3-4H3;6H,2-5H2,1H3;1-2H3;1H. The molecule has 2 atom stereocenters. The Morgan fingerprint density at radius 1 is 1.02 bits per heavy atom. The minimum atomic E-state index is 0. The third kappa shape index (κ3) is 11.3. The molecule has 224 valence electrons. The lowest BCUT2D eigenvalue weighted by molar-refractivity contribution is 0.0893. The van der Waals surface area contributed by atoms with Crippen molar-refractivity contribution in [2.75, 3.05) is 13.2 Å². The van der Waals surface area contributed by atoms with Gasteiger partial charge in [-0.25, -0.2) is 0 Å². The topological polar surface area (TPSA) is 38.7 Å². The van der Waals surface area contributed by atoms with Crippen LogP contribution in [0.4, 0.5) is 0 Å². The van der Waals surface area contributed by atoms with Gasteiger partial charge in [-0.15, -0.1) is 5.73 Å². The molecule has 1 aromatic carbocycles. The van der Waals surface area contributed by atoms with Crippen LogP contribution < -0.4 is 0 Å². The first-order valence-electron chi connectivity index (χ1n) is 16.3. The molecule has 2 fully saturated rings.